The number of carbonyl (C=O) groups is 2. The molecule has 2 amide bonds. The van der Waals surface area contributed by atoms with E-state index in [9.17, 15) is 27.7 Å². The standard InChI is InChI=1S/C31H45N5O6S/c1-2-3-4-5-6-9-15-27(37)16-10-7-8-11-18-30(38)32-21-22-33-31(39)26-19-20-29(34-23-26)36-35-24-25-14-12-13-17-28(25)43(40,41)42/h2,12-14,17,19-20,23,27,37H,1,3-11,15-16,18,21-22,24H2,(H,32,38)(H,33,39)(H,40,41,42). The molecule has 1 heterocycles. The molecule has 4 N–H and O–H groups in total. The Balaban J connectivity index is 1.54. The highest BCUT2D eigenvalue weighted by Gasteiger charge is 2.14. The van der Waals surface area contributed by atoms with Crippen molar-refractivity contribution < 1.29 is 27.7 Å². The minimum absolute atomic E-state index is 0.0543. The highest BCUT2D eigenvalue weighted by Crippen LogP contribution is 2.18. The summed E-state index contributed by atoms with van der Waals surface area (Å²) in [4.78, 5) is 28.2. The first-order chi connectivity index (χ1) is 20.7. The number of aliphatic hydroxyl groups excluding tert-OH is 1. The highest BCUT2D eigenvalue weighted by molar-refractivity contribution is 7.85. The van der Waals surface area contributed by atoms with Crippen LogP contribution in [0.3, 0.4) is 0 Å². The molecule has 2 aromatic rings. The lowest BCUT2D eigenvalue weighted by Gasteiger charge is -2.10. The number of benzene rings is 1. The van der Waals surface area contributed by atoms with Crippen LogP contribution in [0.25, 0.3) is 0 Å². The fourth-order valence-electron chi connectivity index (χ4n) is 4.40. The van der Waals surface area contributed by atoms with E-state index in [0.717, 1.165) is 57.8 Å². The summed E-state index contributed by atoms with van der Waals surface area (Å²) < 4.78 is 32.2. The largest absolute Gasteiger partial charge is 0.393 e. The second kappa shape index (κ2) is 20.4. The van der Waals surface area contributed by atoms with Crippen LogP contribution in [0.1, 0.15) is 93.0 Å². The van der Waals surface area contributed by atoms with Crippen LogP contribution in [0.15, 0.2) is 70.4 Å². The number of pyridine rings is 1. The summed E-state index contributed by atoms with van der Waals surface area (Å²) >= 11 is 0. The topological polar surface area (TPSA) is 170 Å². The molecule has 236 valence electrons. The SMILES string of the molecule is C=CCCCCCCC(O)CCCCCCC(=O)NCCNC(=O)c1ccc(N=NCc2ccccc2S(=O)(=O)O)nc1. The van der Waals surface area contributed by atoms with Gasteiger partial charge in [0.25, 0.3) is 16.0 Å². The zero-order chi connectivity index (χ0) is 31.3. The third-order valence-electron chi connectivity index (χ3n) is 6.79. The molecule has 2 rings (SSSR count). The molecule has 1 aromatic heterocycles. The molecule has 1 atom stereocenters. The zero-order valence-corrected chi connectivity index (χ0v) is 25.6. The van der Waals surface area contributed by atoms with Crippen LogP contribution in [0.5, 0.6) is 0 Å². The molecule has 0 spiro atoms. The van der Waals surface area contributed by atoms with Crippen molar-refractivity contribution in [2.24, 2.45) is 10.2 Å². The quantitative estimate of drug-likeness (QED) is 0.0571. The number of nitrogens with zero attached hydrogens (tertiary/aromatic N) is 3. The fraction of sp³-hybridized carbons (Fsp3) is 0.516. The van der Waals surface area contributed by atoms with Gasteiger partial charge in [-0.25, -0.2) is 4.98 Å². The van der Waals surface area contributed by atoms with Gasteiger partial charge in [0, 0.05) is 25.7 Å². The van der Waals surface area contributed by atoms with Crippen LogP contribution in [0, 0.1) is 0 Å². The number of azo groups is 1. The fourth-order valence-corrected chi connectivity index (χ4v) is 5.12. The number of hydrogen-bond acceptors (Lipinski definition) is 8. The van der Waals surface area contributed by atoms with Gasteiger partial charge in [-0.3, -0.25) is 14.1 Å². The van der Waals surface area contributed by atoms with E-state index >= 15 is 0 Å². The van der Waals surface area contributed by atoms with E-state index in [1.807, 2.05) is 6.08 Å². The molecule has 1 aromatic carbocycles. The molecular formula is C31H45N5O6S. The van der Waals surface area contributed by atoms with Crippen LogP contribution >= 0.6 is 0 Å². The van der Waals surface area contributed by atoms with Gasteiger partial charge in [-0.1, -0.05) is 62.8 Å². The number of allylic oxidation sites excluding steroid dienone is 1. The third-order valence-corrected chi connectivity index (χ3v) is 7.75. The van der Waals surface area contributed by atoms with Gasteiger partial charge in [-0.05, 0) is 55.9 Å². The first kappa shape index (κ1) is 35.7. The molecule has 0 saturated heterocycles. The molecule has 0 fully saturated rings. The van der Waals surface area contributed by atoms with E-state index in [4.69, 9.17) is 0 Å². The minimum Gasteiger partial charge on any atom is -0.393 e. The lowest BCUT2D eigenvalue weighted by Crippen LogP contribution is -2.34. The van der Waals surface area contributed by atoms with Crippen molar-refractivity contribution in [2.75, 3.05) is 13.1 Å². The van der Waals surface area contributed by atoms with Crippen LogP contribution < -0.4 is 10.6 Å². The average Bonchev–Trinajstić information content (AvgIpc) is 2.99. The Kier molecular flexibility index (Phi) is 17.0. The molecular weight excluding hydrogens is 570 g/mol. The number of amides is 2. The van der Waals surface area contributed by atoms with Crippen molar-refractivity contribution in [1.82, 2.24) is 15.6 Å². The van der Waals surface area contributed by atoms with Gasteiger partial charge in [0.15, 0.2) is 5.82 Å². The van der Waals surface area contributed by atoms with Gasteiger partial charge >= 0.3 is 0 Å². The number of carbonyl (C=O) groups excluding carboxylic acids is 2. The van der Waals surface area contributed by atoms with Crippen LogP contribution in [0.2, 0.25) is 0 Å². The maximum absolute atomic E-state index is 12.3. The van der Waals surface area contributed by atoms with Crippen molar-refractivity contribution >= 4 is 27.8 Å². The van der Waals surface area contributed by atoms with Crippen molar-refractivity contribution in [2.45, 2.75) is 94.6 Å². The smallest absolute Gasteiger partial charge is 0.294 e. The second-order valence-corrected chi connectivity index (χ2v) is 11.8. The average molecular weight is 616 g/mol. The Bertz CT molecular complexity index is 1270. The van der Waals surface area contributed by atoms with Gasteiger partial charge in [0.2, 0.25) is 5.91 Å². The van der Waals surface area contributed by atoms with Crippen molar-refractivity contribution in [3.63, 3.8) is 0 Å². The van der Waals surface area contributed by atoms with E-state index in [2.05, 4.69) is 32.4 Å². The van der Waals surface area contributed by atoms with Crippen molar-refractivity contribution in [3.8, 4) is 0 Å². The summed E-state index contributed by atoms with van der Waals surface area (Å²) in [6.07, 6.45) is 14.5. The molecule has 43 heavy (non-hydrogen) atoms. The molecule has 0 radical (unpaired) electrons. The third kappa shape index (κ3) is 15.5. The van der Waals surface area contributed by atoms with Crippen LogP contribution in [0.4, 0.5) is 5.82 Å². The Morgan fingerprint density at radius 1 is 0.930 bits per heavy atom. The van der Waals surface area contributed by atoms with E-state index in [1.54, 1.807) is 6.07 Å². The molecule has 0 aliphatic rings. The Hall–Kier alpha value is -3.48. The monoisotopic (exact) mass is 615 g/mol. The molecule has 0 saturated carbocycles. The van der Waals surface area contributed by atoms with Crippen LogP contribution in [-0.2, 0) is 21.5 Å². The zero-order valence-electron chi connectivity index (χ0n) is 24.8. The normalized spacial score (nSPS) is 12.2. The summed E-state index contributed by atoms with van der Waals surface area (Å²) in [5.41, 5.74) is 0.607. The number of rotatable bonds is 22. The Morgan fingerprint density at radius 3 is 2.28 bits per heavy atom. The maximum atomic E-state index is 12.3. The predicted molar refractivity (Wildman–Crippen MR) is 166 cm³/mol. The van der Waals surface area contributed by atoms with Gasteiger partial charge in [0.05, 0.1) is 23.1 Å². The van der Waals surface area contributed by atoms with Gasteiger partial charge in [0.1, 0.15) is 0 Å². The van der Waals surface area contributed by atoms with Crippen LogP contribution in [-0.4, -0.2) is 54.1 Å². The lowest BCUT2D eigenvalue weighted by atomic mass is 10.0. The first-order valence-corrected chi connectivity index (χ1v) is 16.4. The molecule has 0 aliphatic heterocycles. The second-order valence-electron chi connectivity index (χ2n) is 10.4. The van der Waals surface area contributed by atoms with Gasteiger partial charge in [-0.2, -0.15) is 13.5 Å². The summed E-state index contributed by atoms with van der Waals surface area (Å²) in [7, 11) is -4.37. The Morgan fingerprint density at radius 2 is 1.60 bits per heavy atom. The molecule has 12 heteroatoms. The van der Waals surface area contributed by atoms with Crippen molar-refractivity contribution in [1.29, 1.82) is 0 Å². The van der Waals surface area contributed by atoms with E-state index in [-0.39, 0.29) is 41.7 Å². The summed E-state index contributed by atoms with van der Waals surface area (Å²) in [6.45, 7) is 4.23. The number of aromatic nitrogens is 1. The maximum Gasteiger partial charge on any atom is 0.294 e. The molecule has 0 aliphatic carbocycles. The number of hydrogen-bond donors (Lipinski definition) is 4. The Labute approximate surface area is 255 Å². The summed E-state index contributed by atoms with van der Waals surface area (Å²) in [5.74, 6) is -0.168. The number of unbranched alkanes of at least 4 members (excludes halogenated alkanes) is 7. The molecule has 0 bridgehead atoms. The summed E-state index contributed by atoms with van der Waals surface area (Å²) in [5, 5.41) is 23.5. The summed E-state index contributed by atoms with van der Waals surface area (Å²) in [6, 6.07) is 8.97. The molecule has 11 nitrogen and oxygen atoms in total. The van der Waals surface area contributed by atoms with Gasteiger partial charge < -0.3 is 15.7 Å². The lowest BCUT2D eigenvalue weighted by molar-refractivity contribution is -0.121. The number of nitrogens with one attached hydrogen (secondary N) is 2. The van der Waals surface area contributed by atoms with Crippen molar-refractivity contribution in [3.05, 3.63) is 66.4 Å². The molecule has 1 unspecified atom stereocenters. The van der Waals surface area contributed by atoms with E-state index in [1.165, 1.54) is 49.4 Å². The van der Waals surface area contributed by atoms with Gasteiger partial charge in [-0.15, -0.1) is 11.7 Å². The highest BCUT2D eigenvalue weighted by atomic mass is 32.2. The minimum atomic E-state index is -4.37. The number of aliphatic hydroxyl groups is 1. The predicted octanol–water partition coefficient (Wildman–Crippen LogP) is 5.69. The first-order valence-electron chi connectivity index (χ1n) is 14.9. The van der Waals surface area contributed by atoms with E-state index < -0.39 is 10.1 Å². The van der Waals surface area contributed by atoms with E-state index in [0.29, 0.717) is 24.1 Å².